The number of carbonyl (C=O) groups excluding carboxylic acids is 1. The molecule has 2 aliphatic rings. The number of hydrogen-bond donors (Lipinski definition) is 1. The number of thiophene rings is 1. The molecule has 0 fully saturated rings. The van der Waals surface area contributed by atoms with E-state index in [-0.39, 0.29) is 17.7 Å². The number of ether oxygens (including phenoxy) is 2. The van der Waals surface area contributed by atoms with Crippen molar-refractivity contribution in [3.05, 3.63) is 40.3 Å². The summed E-state index contributed by atoms with van der Waals surface area (Å²) in [6.45, 7) is 5.35. The van der Waals surface area contributed by atoms with E-state index in [1.54, 1.807) is 0 Å². The lowest BCUT2D eigenvalue weighted by atomic mass is 9.87. The number of fused-ring (bicyclic) bond motifs is 2. The zero-order valence-electron chi connectivity index (χ0n) is 19.8. The SMILES string of the molecule is CCC1CCc2sc(-c3nnc(SCC(=O)NC(C)c4ccc5c(c4)OCCO5)n3C)cc2C1. The molecular formula is C25H30N4O3S2. The van der Waals surface area contributed by atoms with Crippen LogP contribution in [0.15, 0.2) is 29.4 Å². The van der Waals surface area contributed by atoms with Crippen LogP contribution in [0.3, 0.4) is 0 Å². The zero-order valence-corrected chi connectivity index (χ0v) is 21.4. The Balaban J connectivity index is 1.19. The summed E-state index contributed by atoms with van der Waals surface area (Å²) < 4.78 is 13.2. The molecule has 0 saturated heterocycles. The van der Waals surface area contributed by atoms with Crippen LogP contribution in [0.5, 0.6) is 11.5 Å². The van der Waals surface area contributed by atoms with E-state index in [0.29, 0.717) is 13.2 Å². The van der Waals surface area contributed by atoms with Crippen LogP contribution in [0, 0.1) is 5.92 Å². The van der Waals surface area contributed by atoms with Gasteiger partial charge in [-0.1, -0.05) is 31.2 Å². The fourth-order valence-corrected chi connectivity index (χ4v) is 6.49. The zero-order chi connectivity index (χ0) is 23.7. The molecule has 1 aliphatic carbocycles. The minimum Gasteiger partial charge on any atom is -0.486 e. The molecule has 0 radical (unpaired) electrons. The van der Waals surface area contributed by atoms with Crippen LogP contribution in [0.25, 0.3) is 10.7 Å². The number of amides is 1. The Morgan fingerprint density at radius 1 is 1.26 bits per heavy atom. The summed E-state index contributed by atoms with van der Waals surface area (Å²) in [6.07, 6.45) is 4.86. The normalized spacial score (nSPS) is 17.8. The average molecular weight is 499 g/mol. The smallest absolute Gasteiger partial charge is 0.230 e. The number of hydrogen-bond acceptors (Lipinski definition) is 7. The quantitative estimate of drug-likeness (QED) is 0.472. The summed E-state index contributed by atoms with van der Waals surface area (Å²) in [4.78, 5) is 15.3. The van der Waals surface area contributed by atoms with Gasteiger partial charge in [-0.3, -0.25) is 4.79 Å². The molecule has 2 unspecified atom stereocenters. The van der Waals surface area contributed by atoms with E-state index in [2.05, 4.69) is 28.5 Å². The Bertz CT molecular complexity index is 1190. The van der Waals surface area contributed by atoms with Crippen LogP contribution in [0.4, 0.5) is 0 Å². The van der Waals surface area contributed by atoms with Gasteiger partial charge in [-0.25, -0.2) is 0 Å². The monoisotopic (exact) mass is 498 g/mol. The lowest BCUT2D eigenvalue weighted by Crippen LogP contribution is -2.28. The Morgan fingerprint density at radius 3 is 2.91 bits per heavy atom. The lowest BCUT2D eigenvalue weighted by Gasteiger charge is -2.21. The van der Waals surface area contributed by atoms with E-state index in [1.807, 2.05) is 48.1 Å². The maximum atomic E-state index is 12.6. The van der Waals surface area contributed by atoms with Crippen molar-refractivity contribution in [2.24, 2.45) is 13.0 Å². The van der Waals surface area contributed by atoms with Gasteiger partial charge in [0, 0.05) is 11.9 Å². The maximum Gasteiger partial charge on any atom is 0.230 e. The topological polar surface area (TPSA) is 78.3 Å². The summed E-state index contributed by atoms with van der Waals surface area (Å²) in [5.74, 6) is 3.38. The third-order valence-electron chi connectivity index (χ3n) is 6.59. The molecule has 34 heavy (non-hydrogen) atoms. The third-order valence-corrected chi connectivity index (χ3v) is 8.85. The molecule has 5 rings (SSSR count). The Kier molecular flexibility index (Phi) is 6.83. The summed E-state index contributed by atoms with van der Waals surface area (Å²) >= 11 is 3.24. The summed E-state index contributed by atoms with van der Waals surface area (Å²) in [5, 5.41) is 12.6. The third kappa shape index (κ3) is 4.81. The highest BCUT2D eigenvalue weighted by molar-refractivity contribution is 7.99. The predicted molar refractivity (Wildman–Crippen MR) is 135 cm³/mol. The van der Waals surface area contributed by atoms with Gasteiger partial charge in [-0.15, -0.1) is 21.5 Å². The highest BCUT2D eigenvalue weighted by atomic mass is 32.2. The van der Waals surface area contributed by atoms with Gasteiger partial charge in [0.15, 0.2) is 22.5 Å². The van der Waals surface area contributed by atoms with E-state index in [1.165, 1.54) is 52.8 Å². The fraction of sp³-hybridized carbons (Fsp3) is 0.480. The van der Waals surface area contributed by atoms with Gasteiger partial charge >= 0.3 is 0 Å². The minimum atomic E-state index is -0.136. The summed E-state index contributed by atoms with van der Waals surface area (Å²) in [7, 11) is 1.97. The van der Waals surface area contributed by atoms with Gasteiger partial charge in [0.05, 0.1) is 16.7 Å². The standard InChI is InChI=1S/C25H30N4O3S2/c1-4-16-5-8-21-18(11-16)13-22(34-21)24-27-28-25(29(24)3)33-14-23(30)26-15(2)17-6-7-19-20(12-17)32-10-9-31-19/h6-7,12-13,15-16H,4-5,8-11,14H2,1-3H3,(H,26,30). The molecule has 0 saturated carbocycles. The van der Waals surface area contributed by atoms with Gasteiger partial charge in [-0.05, 0) is 61.4 Å². The predicted octanol–water partition coefficient (Wildman–Crippen LogP) is 4.80. The van der Waals surface area contributed by atoms with E-state index < -0.39 is 0 Å². The number of rotatable bonds is 7. The molecule has 3 heterocycles. The molecule has 1 N–H and O–H groups in total. The van der Waals surface area contributed by atoms with Gasteiger partial charge in [-0.2, -0.15) is 0 Å². The molecule has 180 valence electrons. The van der Waals surface area contributed by atoms with Crippen LogP contribution in [0.1, 0.15) is 48.7 Å². The van der Waals surface area contributed by atoms with Crippen LogP contribution in [-0.4, -0.2) is 39.6 Å². The van der Waals surface area contributed by atoms with Crippen molar-refractivity contribution in [3.63, 3.8) is 0 Å². The second-order valence-corrected chi connectivity index (χ2v) is 11.0. The molecule has 1 aromatic carbocycles. The van der Waals surface area contributed by atoms with Crippen molar-refractivity contribution in [3.8, 4) is 22.2 Å². The van der Waals surface area contributed by atoms with Crippen molar-refractivity contribution in [2.75, 3.05) is 19.0 Å². The number of nitrogens with one attached hydrogen (secondary N) is 1. The molecule has 7 nitrogen and oxygen atoms in total. The molecule has 2 atom stereocenters. The molecule has 3 aromatic rings. The lowest BCUT2D eigenvalue weighted by molar-refractivity contribution is -0.119. The van der Waals surface area contributed by atoms with Crippen molar-refractivity contribution in [1.29, 1.82) is 0 Å². The first kappa shape index (κ1) is 23.2. The molecule has 2 aromatic heterocycles. The molecule has 0 spiro atoms. The molecular weight excluding hydrogens is 468 g/mol. The van der Waals surface area contributed by atoms with Crippen molar-refractivity contribution >= 4 is 29.0 Å². The van der Waals surface area contributed by atoms with Crippen molar-refractivity contribution in [2.45, 2.75) is 50.7 Å². The van der Waals surface area contributed by atoms with Crippen LogP contribution >= 0.6 is 23.1 Å². The van der Waals surface area contributed by atoms with Crippen LogP contribution in [-0.2, 0) is 24.7 Å². The van der Waals surface area contributed by atoms with E-state index in [4.69, 9.17) is 9.47 Å². The van der Waals surface area contributed by atoms with Crippen LogP contribution in [0.2, 0.25) is 0 Å². The number of benzene rings is 1. The Morgan fingerprint density at radius 2 is 2.09 bits per heavy atom. The molecule has 0 bridgehead atoms. The molecule has 1 amide bonds. The highest BCUT2D eigenvalue weighted by Crippen LogP contribution is 2.38. The maximum absolute atomic E-state index is 12.6. The van der Waals surface area contributed by atoms with Gasteiger partial charge in [0.25, 0.3) is 0 Å². The summed E-state index contributed by atoms with van der Waals surface area (Å²) in [6, 6.07) is 7.95. The Hall–Kier alpha value is -2.52. The fourth-order valence-electron chi connectivity index (χ4n) is 4.54. The minimum absolute atomic E-state index is 0.0471. The largest absolute Gasteiger partial charge is 0.486 e. The first-order valence-corrected chi connectivity index (χ1v) is 13.6. The molecule has 1 aliphatic heterocycles. The average Bonchev–Trinajstić information content (AvgIpc) is 3.44. The van der Waals surface area contributed by atoms with E-state index in [0.717, 1.165) is 34.0 Å². The molecule has 9 heteroatoms. The number of carbonyl (C=O) groups is 1. The highest BCUT2D eigenvalue weighted by Gasteiger charge is 2.23. The van der Waals surface area contributed by atoms with Crippen molar-refractivity contribution < 1.29 is 14.3 Å². The van der Waals surface area contributed by atoms with E-state index in [9.17, 15) is 4.79 Å². The van der Waals surface area contributed by atoms with Gasteiger partial charge in [0.2, 0.25) is 5.91 Å². The van der Waals surface area contributed by atoms with Crippen molar-refractivity contribution in [1.82, 2.24) is 20.1 Å². The van der Waals surface area contributed by atoms with Gasteiger partial charge < -0.3 is 19.4 Å². The van der Waals surface area contributed by atoms with E-state index >= 15 is 0 Å². The number of aromatic nitrogens is 3. The van der Waals surface area contributed by atoms with Crippen LogP contribution < -0.4 is 14.8 Å². The first-order valence-electron chi connectivity index (χ1n) is 11.8. The Labute approximate surface area is 208 Å². The number of aryl methyl sites for hydroxylation is 1. The second-order valence-electron chi connectivity index (χ2n) is 8.92. The van der Waals surface area contributed by atoms with Gasteiger partial charge in [0.1, 0.15) is 13.2 Å². The summed E-state index contributed by atoms with van der Waals surface area (Å²) in [5.41, 5.74) is 2.46. The second kappa shape index (κ2) is 10.00. The first-order chi connectivity index (χ1) is 16.5. The number of thioether (sulfide) groups is 1. The number of nitrogens with zero attached hydrogens (tertiary/aromatic N) is 3.